The molecule has 4 rings (SSSR count). The molecule has 1 aliphatic heterocycles. The van der Waals surface area contributed by atoms with Gasteiger partial charge >= 0.3 is 0 Å². The minimum atomic E-state index is -0.451. The van der Waals surface area contributed by atoms with E-state index in [0.29, 0.717) is 47.1 Å². The van der Waals surface area contributed by atoms with Gasteiger partial charge in [0.1, 0.15) is 0 Å². The molecule has 2 aliphatic carbocycles. The van der Waals surface area contributed by atoms with Crippen LogP contribution in [0.4, 0.5) is 0 Å². The second kappa shape index (κ2) is 11.5. The van der Waals surface area contributed by atoms with Crippen molar-refractivity contribution in [3.05, 3.63) is 45.3 Å². The molecule has 0 saturated heterocycles. The monoisotopic (exact) mass is 541 g/mol. The van der Waals surface area contributed by atoms with E-state index in [1.165, 1.54) is 25.7 Å². The number of unbranched alkanes of at least 4 members (excludes halogenated alkanes) is 5. The number of hydrogen-bond acceptors (Lipinski definition) is 5. The number of benzene rings is 1. The van der Waals surface area contributed by atoms with Crippen LogP contribution < -0.4 is 14.8 Å². The molecular weight excluding hydrogens is 498 g/mol. The number of carbonyl (C=O) groups is 2. The molecule has 0 fully saturated rings. The zero-order chi connectivity index (χ0) is 27.7. The highest BCUT2D eigenvalue weighted by atomic mass is 35.5. The molecule has 208 valence electrons. The Hall–Kier alpha value is -2.27. The molecule has 0 aromatic heterocycles. The SMILES string of the molecule is CCCCCCCCOc1c(Cl)cc(C2C3=C(CC(C)(C)CC3=O)NC3=C2C(=O)CC(C)(C)C3)cc1OC. The molecule has 1 heterocycles. The third-order valence-electron chi connectivity index (χ3n) is 8.05. The fraction of sp³-hybridized carbons (Fsp3) is 0.625. The van der Waals surface area contributed by atoms with Gasteiger partial charge in [0, 0.05) is 41.3 Å². The summed E-state index contributed by atoms with van der Waals surface area (Å²) in [6.45, 7) is 11.3. The van der Waals surface area contributed by atoms with Crippen LogP contribution in [0.1, 0.15) is 110 Å². The molecule has 0 radical (unpaired) electrons. The van der Waals surface area contributed by atoms with Gasteiger partial charge in [0.25, 0.3) is 0 Å². The number of allylic oxidation sites excluding steroid dienone is 4. The molecule has 1 aromatic carbocycles. The Bertz CT molecular complexity index is 1110. The summed E-state index contributed by atoms with van der Waals surface area (Å²) in [5.74, 6) is 0.796. The highest BCUT2D eigenvalue weighted by Gasteiger charge is 2.46. The van der Waals surface area contributed by atoms with Crippen molar-refractivity contribution in [2.24, 2.45) is 10.8 Å². The first-order valence-electron chi connectivity index (χ1n) is 14.3. The molecule has 1 N–H and O–H groups in total. The molecule has 0 bridgehead atoms. The summed E-state index contributed by atoms with van der Waals surface area (Å²) >= 11 is 6.80. The Morgan fingerprint density at radius 2 is 1.42 bits per heavy atom. The van der Waals surface area contributed by atoms with Gasteiger partial charge in [-0.3, -0.25) is 9.59 Å². The van der Waals surface area contributed by atoms with E-state index >= 15 is 0 Å². The minimum Gasteiger partial charge on any atom is -0.493 e. The molecule has 0 atom stereocenters. The maximum Gasteiger partial charge on any atom is 0.179 e. The predicted octanol–water partition coefficient (Wildman–Crippen LogP) is 8.06. The lowest BCUT2D eigenvalue weighted by molar-refractivity contribution is -0.119. The van der Waals surface area contributed by atoms with Crippen LogP contribution in [0.2, 0.25) is 5.02 Å². The topological polar surface area (TPSA) is 64.6 Å². The second-order valence-electron chi connectivity index (χ2n) is 12.9. The fourth-order valence-corrected chi connectivity index (χ4v) is 6.60. The smallest absolute Gasteiger partial charge is 0.179 e. The van der Waals surface area contributed by atoms with Crippen LogP contribution in [-0.2, 0) is 9.59 Å². The summed E-state index contributed by atoms with van der Waals surface area (Å²) in [7, 11) is 1.60. The number of nitrogens with one attached hydrogen (secondary N) is 1. The van der Waals surface area contributed by atoms with Crippen LogP contribution in [0.25, 0.3) is 0 Å². The molecule has 0 unspecified atom stereocenters. The second-order valence-corrected chi connectivity index (χ2v) is 13.3. The number of ketones is 2. The third kappa shape index (κ3) is 6.14. The van der Waals surface area contributed by atoms with Gasteiger partial charge in [-0.15, -0.1) is 0 Å². The number of methoxy groups -OCH3 is 1. The van der Waals surface area contributed by atoms with E-state index in [1.807, 2.05) is 12.1 Å². The number of carbonyl (C=O) groups excluding carboxylic acids is 2. The Kier molecular flexibility index (Phi) is 8.66. The van der Waals surface area contributed by atoms with Crippen molar-refractivity contribution < 1.29 is 19.1 Å². The van der Waals surface area contributed by atoms with Crippen LogP contribution >= 0.6 is 11.6 Å². The minimum absolute atomic E-state index is 0.0939. The van der Waals surface area contributed by atoms with Gasteiger partial charge in [-0.25, -0.2) is 0 Å². The maximum absolute atomic E-state index is 13.6. The van der Waals surface area contributed by atoms with Crippen LogP contribution in [0.3, 0.4) is 0 Å². The highest BCUT2D eigenvalue weighted by molar-refractivity contribution is 6.32. The number of ether oxygens (including phenoxy) is 2. The van der Waals surface area contributed by atoms with Crippen LogP contribution in [-0.4, -0.2) is 25.3 Å². The third-order valence-corrected chi connectivity index (χ3v) is 8.33. The van der Waals surface area contributed by atoms with Crippen molar-refractivity contribution in [1.82, 2.24) is 5.32 Å². The number of dihydropyridines is 1. The van der Waals surface area contributed by atoms with E-state index in [9.17, 15) is 9.59 Å². The Labute approximate surface area is 233 Å². The van der Waals surface area contributed by atoms with Gasteiger partial charge in [-0.2, -0.15) is 0 Å². The van der Waals surface area contributed by atoms with Crippen molar-refractivity contribution in [3.63, 3.8) is 0 Å². The lowest BCUT2D eigenvalue weighted by Gasteiger charge is -2.44. The van der Waals surface area contributed by atoms with E-state index in [4.69, 9.17) is 21.1 Å². The zero-order valence-electron chi connectivity index (χ0n) is 24.0. The molecule has 38 heavy (non-hydrogen) atoms. The van der Waals surface area contributed by atoms with E-state index in [2.05, 4.69) is 39.9 Å². The standard InChI is InChI=1S/C32H44ClNO4/c1-7-8-9-10-11-12-13-38-30-21(33)14-20(15-26(30)37-6)27-28-22(16-31(2,3)18-24(28)35)34-23-17-32(4,5)19-25(36)29(23)27/h14-15,27,34H,7-13,16-19H2,1-6H3. The van der Waals surface area contributed by atoms with Crippen LogP contribution in [0, 0.1) is 10.8 Å². The molecule has 6 heteroatoms. The molecule has 0 spiro atoms. The lowest BCUT2D eigenvalue weighted by atomic mass is 9.64. The number of rotatable bonds is 10. The molecule has 0 saturated carbocycles. The number of hydrogen-bond donors (Lipinski definition) is 1. The summed E-state index contributed by atoms with van der Waals surface area (Å²) in [5.41, 5.74) is 3.83. The van der Waals surface area contributed by atoms with E-state index in [0.717, 1.165) is 42.6 Å². The van der Waals surface area contributed by atoms with Gasteiger partial charge in [-0.1, -0.05) is 78.3 Å². The van der Waals surface area contributed by atoms with Crippen LogP contribution in [0.15, 0.2) is 34.7 Å². The molecule has 0 amide bonds. The van der Waals surface area contributed by atoms with Crippen molar-refractivity contribution in [2.75, 3.05) is 13.7 Å². The van der Waals surface area contributed by atoms with Crippen molar-refractivity contribution in [2.45, 2.75) is 105 Å². The fourth-order valence-electron chi connectivity index (χ4n) is 6.33. The van der Waals surface area contributed by atoms with E-state index < -0.39 is 5.92 Å². The summed E-state index contributed by atoms with van der Waals surface area (Å²) in [5, 5.41) is 4.01. The summed E-state index contributed by atoms with van der Waals surface area (Å²) in [6, 6.07) is 3.78. The van der Waals surface area contributed by atoms with Gasteiger partial charge in [0.2, 0.25) is 0 Å². The number of halogens is 1. The molecule has 5 nitrogen and oxygen atoms in total. The Balaban J connectivity index is 1.69. The van der Waals surface area contributed by atoms with Gasteiger partial charge in [0.15, 0.2) is 23.1 Å². The number of Topliss-reactive ketones (excluding diaryl/α,β-unsaturated/α-hetero) is 2. The molecule has 3 aliphatic rings. The highest BCUT2D eigenvalue weighted by Crippen LogP contribution is 2.52. The Morgan fingerprint density at radius 1 is 0.868 bits per heavy atom. The zero-order valence-corrected chi connectivity index (χ0v) is 24.8. The van der Waals surface area contributed by atoms with Crippen molar-refractivity contribution >= 4 is 23.2 Å². The van der Waals surface area contributed by atoms with Gasteiger partial charge < -0.3 is 14.8 Å². The quantitative estimate of drug-likeness (QED) is 0.303. The van der Waals surface area contributed by atoms with Crippen LogP contribution in [0.5, 0.6) is 11.5 Å². The Morgan fingerprint density at radius 3 is 1.97 bits per heavy atom. The van der Waals surface area contributed by atoms with Gasteiger partial charge in [0.05, 0.1) is 18.7 Å². The largest absolute Gasteiger partial charge is 0.493 e. The lowest BCUT2D eigenvalue weighted by Crippen LogP contribution is -2.42. The van der Waals surface area contributed by atoms with Gasteiger partial charge in [-0.05, 0) is 47.8 Å². The van der Waals surface area contributed by atoms with Crippen molar-refractivity contribution in [3.8, 4) is 11.5 Å². The first-order valence-corrected chi connectivity index (χ1v) is 14.6. The van der Waals surface area contributed by atoms with E-state index in [1.54, 1.807) is 7.11 Å². The summed E-state index contributed by atoms with van der Waals surface area (Å²) in [6.07, 6.45) is 9.49. The first kappa shape index (κ1) is 28.7. The molecular formula is C32H44ClNO4. The molecule has 1 aromatic rings. The average Bonchev–Trinajstić information content (AvgIpc) is 2.81. The average molecular weight is 542 g/mol. The van der Waals surface area contributed by atoms with E-state index in [-0.39, 0.29) is 22.4 Å². The first-order chi connectivity index (χ1) is 18.0. The summed E-state index contributed by atoms with van der Waals surface area (Å²) < 4.78 is 11.8. The normalized spacial score (nSPS) is 20.7. The van der Waals surface area contributed by atoms with Crippen molar-refractivity contribution in [1.29, 1.82) is 0 Å². The predicted molar refractivity (Wildman–Crippen MR) is 153 cm³/mol. The maximum atomic E-state index is 13.6. The summed E-state index contributed by atoms with van der Waals surface area (Å²) in [4.78, 5) is 27.2.